The number of nitrogens with zero attached hydrogens (tertiary/aromatic N) is 2. The first kappa shape index (κ1) is 12.8. The molecule has 1 saturated heterocycles. The summed E-state index contributed by atoms with van der Waals surface area (Å²) in [5.74, 6) is 0. The molecule has 96 valence electrons. The standard InChI is InChI=1S/C12H21N3OS/c1-3-10-9-17-12(14-10)15-5-6-16-8-11(15)7-13-4-2/h9,11,13H,3-8H2,1-2H3. The zero-order valence-corrected chi connectivity index (χ0v) is 11.4. The summed E-state index contributed by atoms with van der Waals surface area (Å²) in [4.78, 5) is 7.06. The number of thiazole rings is 1. The monoisotopic (exact) mass is 255 g/mol. The minimum absolute atomic E-state index is 0.416. The molecular weight excluding hydrogens is 234 g/mol. The van der Waals surface area contributed by atoms with E-state index in [0.29, 0.717) is 6.04 Å². The second-order valence-corrected chi connectivity index (χ2v) is 5.04. The Labute approximate surface area is 107 Å². The van der Waals surface area contributed by atoms with Gasteiger partial charge in [-0.15, -0.1) is 11.3 Å². The third-order valence-corrected chi connectivity index (χ3v) is 3.93. The third-order valence-electron chi connectivity index (χ3n) is 3.01. The van der Waals surface area contributed by atoms with Gasteiger partial charge >= 0.3 is 0 Å². The predicted octanol–water partition coefficient (Wildman–Crippen LogP) is 1.52. The largest absolute Gasteiger partial charge is 0.377 e. The van der Waals surface area contributed by atoms with Gasteiger partial charge in [0.05, 0.1) is 24.9 Å². The Kier molecular flexibility index (Phi) is 4.76. The molecule has 1 aliphatic heterocycles. The van der Waals surface area contributed by atoms with Gasteiger partial charge in [-0.2, -0.15) is 0 Å². The summed E-state index contributed by atoms with van der Waals surface area (Å²) >= 11 is 1.75. The van der Waals surface area contributed by atoms with Gasteiger partial charge in [0.15, 0.2) is 5.13 Å². The molecule has 0 saturated carbocycles. The minimum atomic E-state index is 0.416. The summed E-state index contributed by atoms with van der Waals surface area (Å²) in [5.41, 5.74) is 1.19. The Balaban J connectivity index is 2.04. The minimum Gasteiger partial charge on any atom is -0.377 e. The number of aromatic nitrogens is 1. The van der Waals surface area contributed by atoms with Crippen LogP contribution in [0.5, 0.6) is 0 Å². The lowest BCUT2D eigenvalue weighted by molar-refractivity contribution is 0.0939. The van der Waals surface area contributed by atoms with Gasteiger partial charge in [-0.3, -0.25) is 0 Å². The van der Waals surface area contributed by atoms with Crippen LogP contribution < -0.4 is 10.2 Å². The number of anilines is 1. The molecule has 4 nitrogen and oxygen atoms in total. The molecule has 1 fully saturated rings. The average molecular weight is 255 g/mol. The number of morpholine rings is 1. The normalized spacial score (nSPS) is 20.8. The van der Waals surface area contributed by atoms with Crippen molar-refractivity contribution in [1.82, 2.24) is 10.3 Å². The van der Waals surface area contributed by atoms with E-state index in [4.69, 9.17) is 4.74 Å². The summed E-state index contributed by atoms with van der Waals surface area (Å²) in [7, 11) is 0. The molecule has 0 aliphatic carbocycles. The van der Waals surface area contributed by atoms with E-state index in [0.717, 1.165) is 44.4 Å². The van der Waals surface area contributed by atoms with Gasteiger partial charge in [-0.05, 0) is 13.0 Å². The summed E-state index contributed by atoms with van der Waals surface area (Å²) in [5, 5.41) is 6.70. The average Bonchev–Trinajstić information content (AvgIpc) is 2.85. The van der Waals surface area contributed by atoms with Gasteiger partial charge in [0, 0.05) is 18.5 Å². The van der Waals surface area contributed by atoms with Crippen molar-refractivity contribution in [3.63, 3.8) is 0 Å². The molecule has 5 heteroatoms. The van der Waals surface area contributed by atoms with Crippen LogP contribution in [0.4, 0.5) is 5.13 Å². The van der Waals surface area contributed by atoms with E-state index in [-0.39, 0.29) is 0 Å². The van der Waals surface area contributed by atoms with Crippen LogP contribution in [0, 0.1) is 0 Å². The maximum absolute atomic E-state index is 5.56. The van der Waals surface area contributed by atoms with E-state index in [1.807, 2.05) is 0 Å². The Morgan fingerprint density at radius 3 is 3.18 bits per heavy atom. The lowest BCUT2D eigenvalue weighted by atomic mass is 10.2. The molecule has 0 bridgehead atoms. The third kappa shape index (κ3) is 3.18. The number of hydrogen-bond donors (Lipinski definition) is 1. The van der Waals surface area contributed by atoms with Crippen molar-refractivity contribution in [3.05, 3.63) is 11.1 Å². The summed E-state index contributed by atoms with van der Waals surface area (Å²) in [6.45, 7) is 8.81. The van der Waals surface area contributed by atoms with Crippen LogP contribution in [0.25, 0.3) is 0 Å². The van der Waals surface area contributed by atoms with Crippen LogP contribution in [0.1, 0.15) is 19.5 Å². The molecule has 2 rings (SSSR count). The van der Waals surface area contributed by atoms with Gasteiger partial charge < -0.3 is 15.0 Å². The fourth-order valence-corrected chi connectivity index (χ4v) is 2.98. The number of aryl methyl sites for hydroxylation is 1. The van der Waals surface area contributed by atoms with Gasteiger partial charge in [0.2, 0.25) is 0 Å². The molecule has 1 unspecified atom stereocenters. The maximum atomic E-state index is 5.56. The smallest absolute Gasteiger partial charge is 0.185 e. The second kappa shape index (κ2) is 6.33. The zero-order chi connectivity index (χ0) is 12.1. The highest BCUT2D eigenvalue weighted by atomic mass is 32.1. The predicted molar refractivity (Wildman–Crippen MR) is 72.0 cm³/mol. The Morgan fingerprint density at radius 1 is 1.59 bits per heavy atom. The van der Waals surface area contributed by atoms with E-state index in [1.165, 1.54) is 5.69 Å². The number of rotatable bonds is 5. The maximum Gasteiger partial charge on any atom is 0.185 e. The van der Waals surface area contributed by atoms with Crippen LogP contribution in [0.3, 0.4) is 0 Å². The topological polar surface area (TPSA) is 37.4 Å². The molecule has 1 atom stereocenters. The van der Waals surface area contributed by atoms with Gasteiger partial charge in [-0.1, -0.05) is 13.8 Å². The number of nitrogens with one attached hydrogen (secondary N) is 1. The van der Waals surface area contributed by atoms with Crippen molar-refractivity contribution in [1.29, 1.82) is 0 Å². The molecule has 1 aliphatic rings. The number of likely N-dealkylation sites (N-methyl/N-ethyl adjacent to an activating group) is 1. The van der Waals surface area contributed by atoms with Crippen molar-refractivity contribution < 1.29 is 4.74 Å². The molecule has 0 radical (unpaired) electrons. The summed E-state index contributed by atoms with van der Waals surface area (Å²) in [6.07, 6.45) is 1.01. The zero-order valence-electron chi connectivity index (χ0n) is 10.6. The van der Waals surface area contributed by atoms with Crippen molar-refractivity contribution in [2.24, 2.45) is 0 Å². The summed E-state index contributed by atoms with van der Waals surface area (Å²) in [6, 6.07) is 0.416. The molecule has 1 N–H and O–H groups in total. The van der Waals surface area contributed by atoms with E-state index in [9.17, 15) is 0 Å². The molecule has 17 heavy (non-hydrogen) atoms. The van der Waals surface area contributed by atoms with Crippen LogP contribution in [-0.2, 0) is 11.2 Å². The number of ether oxygens (including phenoxy) is 1. The lowest BCUT2D eigenvalue weighted by Crippen LogP contribution is -2.50. The Morgan fingerprint density at radius 2 is 2.47 bits per heavy atom. The van der Waals surface area contributed by atoms with E-state index < -0.39 is 0 Å². The highest BCUT2D eigenvalue weighted by Crippen LogP contribution is 2.24. The SMILES string of the molecule is CCNCC1COCCN1c1nc(CC)cs1. The Hall–Kier alpha value is -0.650. The molecule has 0 aromatic carbocycles. The first-order valence-electron chi connectivity index (χ1n) is 6.34. The van der Waals surface area contributed by atoms with Crippen molar-refractivity contribution in [2.45, 2.75) is 26.3 Å². The van der Waals surface area contributed by atoms with E-state index in [1.54, 1.807) is 11.3 Å². The fourth-order valence-electron chi connectivity index (χ4n) is 1.98. The van der Waals surface area contributed by atoms with E-state index in [2.05, 4.69) is 34.4 Å². The van der Waals surface area contributed by atoms with Crippen molar-refractivity contribution in [3.8, 4) is 0 Å². The van der Waals surface area contributed by atoms with E-state index >= 15 is 0 Å². The molecule has 1 aromatic rings. The lowest BCUT2D eigenvalue weighted by Gasteiger charge is -2.35. The first-order valence-corrected chi connectivity index (χ1v) is 7.22. The molecule has 0 amide bonds. The van der Waals surface area contributed by atoms with Gasteiger partial charge in [-0.25, -0.2) is 4.98 Å². The first-order chi connectivity index (χ1) is 8.35. The molecular formula is C12H21N3OS. The van der Waals surface area contributed by atoms with Crippen LogP contribution in [0.2, 0.25) is 0 Å². The highest BCUT2D eigenvalue weighted by molar-refractivity contribution is 7.13. The van der Waals surface area contributed by atoms with Crippen molar-refractivity contribution >= 4 is 16.5 Å². The molecule has 1 aromatic heterocycles. The van der Waals surface area contributed by atoms with Crippen LogP contribution in [0.15, 0.2) is 5.38 Å². The van der Waals surface area contributed by atoms with Crippen molar-refractivity contribution in [2.75, 3.05) is 37.7 Å². The second-order valence-electron chi connectivity index (χ2n) is 4.20. The highest BCUT2D eigenvalue weighted by Gasteiger charge is 2.24. The molecule has 2 heterocycles. The number of hydrogen-bond acceptors (Lipinski definition) is 5. The van der Waals surface area contributed by atoms with Gasteiger partial charge in [0.1, 0.15) is 0 Å². The summed E-state index contributed by atoms with van der Waals surface area (Å²) < 4.78 is 5.56. The Bertz CT molecular complexity index is 342. The van der Waals surface area contributed by atoms with Gasteiger partial charge in [0.25, 0.3) is 0 Å². The van der Waals surface area contributed by atoms with Crippen LogP contribution in [-0.4, -0.2) is 43.9 Å². The fraction of sp³-hybridized carbons (Fsp3) is 0.750. The van der Waals surface area contributed by atoms with Crippen LogP contribution >= 0.6 is 11.3 Å². The quantitative estimate of drug-likeness (QED) is 0.865. The molecule has 0 spiro atoms.